The number of rotatable bonds is 48. The van der Waals surface area contributed by atoms with Crippen LogP contribution in [-0.2, 0) is 78.2 Å². The summed E-state index contributed by atoms with van der Waals surface area (Å²) in [6.45, 7) is 22.0. The van der Waals surface area contributed by atoms with Crippen molar-refractivity contribution in [2.45, 2.75) is 186 Å². The van der Waals surface area contributed by atoms with E-state index in [1.165, 1.54) is 19.1 Å². The van der Waals surface area contributed by atoms with Crippen LogP contribution in [0.3, 0.4) is 0 Å². The van der Waals surface area contributed by atoms with E-state index in [9.17, 15) is 67.4 Å². The Bertz CT molecular complexity index is 4600. The molecule has 5 aromatic rings. The molecular weight excluding hydrogens is 1710 g/mol. The fraction of sp³-hybridized carbons (Fsp3) is 0.536. The number of ketones is 3. The van der Waals surface area contributed by atoms with Gasteiger partial charge in [-0.2, -0.15) is 0 Å². The number of morpholine rings is 2. The third kappa shape index (κ3) is 28.3. The first kappa shape index (κ1) is 103. The first-order chi connectivity index (χ1) is 62.1. The largest absolute Gasteiger partial charge is 0.491 e. The van der Waals surface area contributed by atoms with Crippen LogP contribution in [0.5, 0.6) is 5.75 Å². The van der Waals surface area contributed by atoms with E-state index in [2.05, 4.69) is 16.0 Å². The van der Waals surface area contributed by atoms with Gasteiger partial charge in [-0.05, 0) is 151 Å². The number of methoxy groups -OCH3 is 2. The summed E-state index contributed by atoms with van der Waals surface area (Å²) in [7, 11) is 6.21. The van der Waals surface area contributed by atoms with Crippen molar-refractivity contribution in [3.63, 3.8) is 0 Å². The lowest BCUT2D eigenvalue weighted by atomic mass is 9.83. The van der Waals surface area contributed by atoms with Crippen LogP contribution < -0.4 is 31.3 Å². The van der Waals surface area contributed by atoms with Gasteiger partial charge in [0.1, 0.15) is 31.4 Å². The second-order valence-electron chi connectivity index (χ2n) is 34.8. The van der Waals surface area contributed by atoms with Crippen molar-refractivity contribution in [1.82, 2.24) is 35.1 Å². The maximum Gasteiger partial charge on any atom is 0.410 e. The van der Waals surface area contributed by atoms with Gasteiger partial charge in [-0.1, -0.05) is 142 Å². The number of nitrogens with one attached hydrogen (secondary N) is 3. The average Bonchev–Trinajstić information content (AvgIpc) is 1.62. The summed E-state index contributed by atoms with van der Waals surface area (Å²) in [5.41, 5.74) is 8.15. The maximum absolute atomic E-state index is 15.0. The van der Waals surface area contributed by atoms with Crippen molar-refractivity contribution in [2.24, 2.45) is 53.1 Å². The molecule has 706 valence electrons. The highest BCUT2D eigenvalue weighted by Crippen LogP contribution is 2.45. The number of carbonyl (C=O) groups excluding carboxylic acids is 13. The molecule has 0 radical (unpaired) electrons. The van der Waals surface area contributed by atoms with E-state index in [0.29, 0.717) is 116 Å². The molecule has 4 aliphatic rings. The van der Waals surface area contributed by atoms with Crippen molar-refractivity contribution in [3.8, 4) is 5.75 Å². The van der Waals surface area contributed by atoms with E-state index < -0.39 is 120 Å². The SMILES string of the molecule is CCC(C)[C@@H]([C@@H](CC(=O)N1CCC[C@H]1[C@H](OC)[C@@H](C)C(=O)C[C@H](C)[C@@H](O)c1ccccc1)OC)N(C)C(=O)[C@@H](CC(=O)[C@H](C(C)C)N(C)C(=O)OCc1ccc(NC(=O)[C@H](CCCNC(N)=O)CC(=O)[C@@H](NC(=O)COCCOc2ccc(N3C(=O)C(Sc4ccc(C(=O)N5CCOCC5)cc4)=C(Sc4ccc(C(=O)N5CCOCC5)cc4)C3=O)cc2)C(C)C)cc1)C(C)C. The van der Waals surface area contributed by atoms with Crippen LogP contribution in [0.25, 0.3) is 0 Å². The van der Waals surface area contributed by atoms with Crippen LogP contribution in [-0.4, -0.2) is 257 Å². The summed E-state index contributed by atoms with van der Waals surface area (Å²) in [5.74, 6) is -7.60. The number of aliphatic hydroxyl groups excluding tert-OH is 1. The smallest absolute Gasteiger partial charge is 0.410 e. The Hall–Kier alpha value is -10.4. The van der Waals surface area contributed by atoms with Gasteiger partial charge in [0.05, 0.1) is 97.4 Å². The number of ether oxygens (including phenoxy) is 7. The number of imide groups is 1. The van der Waals surface area contributed by atoms with Gasteiger partial charge in [-0.15, -0.1) is 0 Å². The number of likely N-dealkylation sites (N-methyl/N-ethyl adjacent to an activating group) is 2. The minimum Gasteiger partial charge on any atom is -0.491 e. The minimum atomic E-state index is -1.03. The molecule has 3 fully saturated rings. The number of primary amides is 1. The molecule has 33 heteroatoms. The Kier molecular flexibility index (Phi) is 40.0. The zero-order valence-electron chi connectivity index (χ0n) is 77.2. The molecule has 3 saturated heterocycles. The van der Waals surface area contributed by atoms with Crippen LogP contribution in [0.4, 0.5) is 21.0 Å². The molecule has 31 nitrogen and oxygen atoms in total. The molecule has 0 aromatic heterocycles. The average molecular weight is 1840 g/mol. The molecule has 0 bridgehead atoms. The lowest BCUT2D eigenvalue weighted by molar-refractivity contribution is -0.149. The first-order valence-corrected chi connectivity index (χ1v) is 46.6. The van der Waals surface area contributed by atoms with E-state index in [0.717, 1.165) is 34.0 Å². The Morgan fingerprint density at radius 1 is 0.623 bits per heavy atom. The Morgan fingerprint density at radius 2 is 1.20 bits per heavy atom. The second kappa shape index (κ2) is 50.3. The number of hydrogen-bond acceptors (Lipinski definition) is 23. The molecule has 11 amide bonds. The minimum absolute atomic E-state index is 0.0231. The van der Waals surface area contributed by atoms with Gasteiger partial charge in [-0.3, -0.25) is 52.7 Å². The number of amides is 11. The first-order valence-electron chi connectivity index (χ1n) is 44.9. The number of nitrogens with zero attached hydrogens (tertiary/aromatic N) is 6. The van der Waals surface area contributed by atoms with Gasteiger partial charge in [0, 0.05) is 131 Å². The predicted octanol–water partition coefficient (Wildman–Crippen LogP) is 11.6. The molecule has 0 saturated carbocycles. The monoisotopic (exact) mass is 1830 g/mol. The van der Waals surface area contributed by atoms with E-state index >= 15 is 0 Å². The molecule has 9 rings (SSSR count). The number of carbonyl (C=O) groups is 13. The molecule has 12 atom stereocenters. The number of nitrogens with two attached hydrogens (primary N) is 1. The van der Waals surface area contributed by atoms with Crippen molar-refractivity contribution in [3.05, 3.63) is 159 Å². The molecule has 1 unspecified atom stereocenters. The zero-order chi connectivity index (χ0) is 94.6. The van der Waals surface area contributed by atoms with E-state index in [1.807, 2.05) is 71.9 Å². The number of Topliss-reactive ketones (excluding diaryl/α,β-unsaturated/α-hetero) is 3. The highest BCUT2D eigenvalue weighted by atomic mass is 32.2. The Morgan fingerprint density at radius 3 is 1.72 bits per heavy atom. The fourth-order valence-electron chi connectivity index (χ4n) is 17.0. The van der Waals surface area contributed by atoms with Crippen LogP contribution in [0, 0.1) is 47.3 Å². The molecule has 4 aliphatic heterocycles. The number of anilines is 2. The third-order valence-electron chi connectivity index (χ3n) is 24.6. The number of aliphatic hydroxyl groups is 1. The van der Waals surface area contributed by atoms with Gasteiger partial charge in [0.25, 0.3) is 23.6 Å². The number of hydrogen-bond donors (Lipinski definition) is 5. The summed E-state index contributed by atoms with van der Waals surface area (Å²) in [4.78, 5) is 192. The van der Waals surface area contributed by atoms with E-state index in [4.69, 9.17) is 38.9 Å². The van der Waals surface area contributed by atoms with Crippen molar-refractivity contribution < 1.29 is 101 Å². The number of likely N-dealkylation sites (tertiary alicyclic amines) is 1. The normalized spacial score (nSPS) is 17.4. The lowest BCUT2D eigenvalue weighted by Crippen LogP contribution is -2.54. The van der Waals surface area contributed by atoms with Crippen molar-refractivity contribution in [2.75, 3.05) is 124 Å². The number of thioether (sulfide) groups is 2. The van der Waals surface area contributed by atoms with E-state index in [-0.39, 0.29) is 133 Å². The Labute approximate surface area is 771 Å². The van der Waals surface area contributed by atoms with Crippen LogP contribution >= 0.6 is 23.5 Å². The van der Waals surface area contributed by atoms with Gasteiger partial charge in [-0.25, -0.2) is 14.5 Å². The maximum atomic E-state index is 15.0. The molecule has 6 N–H and O–H groups in total. The second-order valence-corrected chi connectivity index (χ2v) is 37.0. The fourth-order valence-corrected chi connectivity index (χ4v) is 19.0. The Balaban J connectivity index is 0.744. The van der Waals surface area contributed by atoms with Crippen LogP contribution in [0.1, 0.15) is 165 Å². The quantitative estimate of drug-likeness (QED) is 0.0178. The predicted molar refractivity (Wildman–Crippen MR) is 493 cm³/mol. The molecule has 0 aliphatic carbocycles. The summed E-state index contributed by atoms with van der Waals surface area (Å²) < 4.78 is 40.4. The summed E-state index contributed by atoms with van der Waals surface area (Å²) in [6.07, 6.45) is -1.10. The lowest BCUT2D eigenvalue weighted by Gasteiger charge is -2.41. The number of benzene rings is 5. The standard InChI is InChI=1S/C97H130N10O21S2/c1-15-62(8)85(80(122-13)56-82(112)106-42-20-24-76(106)87(123-14)64(10)77(108)53-63(9)86(113)66-21-17-16-18-22-66)102(11)93(117)75(59(2)3)55-79(110)84(61(6)7)103(12)97(121)128-57-65-25-31-70(32-26-65)100-90(114)69(23-19-41-99-96(98)120)54-78(109)83(60(4)5)101-81(111)58-126-51-52-127-72-35-33-71(34-36-72)107-94(118)88(129-73-37-27-67(28-38-73)91(115)104-43-47-124-48-44-104)89(95(107)119)130-74-39-29-68(30-40-74)92(116)105-45-49-125-50-46-105/h16-18,21-22,25-40,59-64,69,75-76,80,83-87,113H,15,19-20,23-24,41-58H2,1-14H3,(H,100,114)(H,101,111)(H3,98,99,120)/t62?,63-,64-,69+,75-,76-,80+,83-,84-,85-,86+,87+/m0/s1. The van der Waals surface area contributed by atoms with Gasteiger partial charge >= 0.3 is 12.1 Å². The molecule has 4 heterocycles. The highest BCUT2D eigenvalue weighted by molar-refractivity contribution is 8.08. The van der Waals surface area contributed by atoms with Gasteiger partial charge in [0.15, 0.2) is 11.6 Å². The zero-order valence-corrected chi connectivity index (χ0v) is 78.9. The topological polar surface area (TPSA) is 388 Å². The van der Waals surface area contributed by atoms with Crippen LogP contribution in [0.2, 0.25) is 0 Å². The molecular formula is C97H130N10O21S2. The third-order valence-corrected chi connectivity index (χ3v) is 26.9. The number of urea groups is 1. The summed E-state index contributed by atoms with van der Waals surface area (Å²) in [5, 5.41) is 19.2. The van der Waals surface area contributed by atoms with Gasteiger partial charge in [0.2, 0.25) is 23.6 Å². The van der Waals surface area contributed by atoms with Crippen LogP contribution in [0.15, 0.2) is 147 Å². The molecule has 0 spiro atoms. The molecule has 5 aromatic carbocycles. The highest BCUT2D eigenvalue weighted by Gasteiger charge is 2.46. The van der Waals surface area contributed by atoms with E-state index in [1.54, 1.807) is 159 Å². The molecule has 130 heavy (non-hydrogen) atoms. The summed E-state index contributed by atoms with van der Waals surface area (Å²) in [6, 6.07) is 31.9. The van der Waals surface area contributed by atoms with Crippen molar-refractivity contribution in [1.29, 1.82) is 0 Å². The van der Waals surface area contributed by atoms with Crippen molar-refractivity contribution >= 4 is 112 Å². The summed E-state index contributed by atoms with van der Waals surface area (Å²) >= 11 is 2.20. The van der Waals surface area contributed by atoms with Gasteiger partial charge < -0.3 is 84.4 Å².